The third-order valence-electron chi connectivity index (χ3n) is 4.89. The van der Waals surface area contributed by atoms with Gasteiger partial charge in [0, 0.05) is 25.6 Å². The Morgan fingerprint density at radius 2 is 2.09 bits per heavy atom. The highest BCUT2D eigenvalue weighted by atomic mass is 16.5. The van der Waals surface area contributed by atoms with E-state index >= 15 is 0 Å². The van der Waals surface area contributed by atoms with Gasteiger partial charge < -0.3 is 9.42 Å². The van der Waals surface area contributed by atoms with Crippen LogP contribution in [0.3, 0.4) is 0 Å². The van der Waals surface area contributed by atoms with Gasteiger partial charge in [0.05, 0.1) is 17.5 Å². The largest absolute Gasteiger partial charge is 0.339 e. The predicted molar refractivity (Wildman–Crippen MR) is 82.1 cm³/mol. The summed E-state index contributed by atoms with van der Waals surface area (Å²) < 4.78 is 7.26. The van der Waals surface area contributed by atoms with Crippen LogP contribution < -0.4 is 0 Å². The van der Waals surface area contributed by atoms with E-state index in [0.29, 0.717) is 11.7 Å². The van der Waals surface area contributed by atoms with Gasteiger partial charge in [0.1, 0.15) is 0 Å². The van der Waals surface area contributed by atoms with E-state index in [1.165, 1.54) is 0 Å². The minimum atomic E-state index is 0.119. The Kier molecular flexibility index (Phi) is 3.63. The van der Waals surface area contributed by atoms with E-state index in [2.05, 4.69) is 15.2 Å². The molecule has 2 aliphatic heterocycles. The fourth-order valence-corrected chi connectivity index (χ4v) is 3.58. The number of carbonyl (C=O) groups excluding carboxylic acids is 1. The first-order valence-corrected chi connectivity index (χ1v) is 8.36. The number of amides is 1. The zero-order chi connectivity index (χ0) is 15.8. The van der Waals surface area contributed by atoms with Gasteiger partial charge in [-0.15, -0.1) is 0 Å². The summed E-state index contributed by atoms with van der Waals surface area (Å²) in [7, 11) is 0. The first-order valence-electron chi connectivity index (χ1n) is 8.36. The van der Waals surface area contributed by atoms with E-state index in [4.69, 9.17) is 4.52 Å². The standard InChI is InChI=1S/C16H21N5O2/c1-11-18-15(23-19-11)12-5-8-20(9-6-12)16(22)13-10-17-21-7-3-2-4-14(13)21/h10,12H,2-9H2,1H3. The number of fused-ring (bicyclic) bond motifs is 1. The van der Waals surface area contributed by atoms with Gasteiger partial charge in [0.2, 0.25) is 5.89 Å². The number of carbonyl (C=O) groups is 1. The van der Waals surface area contributed by atoms with Crippen molar-refractivity contribution in [3.05, 3.63) is 29.2 Å². The molecule has 0 aliphatic carbocycles. The van der Waals surface area contributed by atoms with Gasteiger partial charge in [0.25, 0.3) is 5.91 Å². The molecule has 122 valence electrons. The minimum Gasteiger partial charge on any atom is -0.339 e. The maximum Gasteiger partial charge on any atom is 0.257 e. The van der Waals surface area contributed by atoms with E-state index in [1.807, 2.05) is 16.5 Å². The number of likely N-dealkylation sites (tertiary alicyclic amines) is 1. The van der Waals surface area contributed by atoms with Crippen molar-refractivity contribution in [3.63, 3.8) is 0 Å². The summed E-state index contributed by atoms with van der Waals surface area (Å²) in [6.07, 6.45) is 6.74. The van der Waals surface area contributed by atoms with Crippen LogP contribution in [-0.4, -0.2) is 43.8 Å². The summed E-state index contributed by atoms with van der Waals surface area (Å²) in [6.45, 7) is 4.22. The molecule has 0 bridgehead atoms. The molecule has 1 fully saturated rings. The lowest BCUT2D eigenvalue weighted by Gasteiger charge is -2.30. The van der Waals surface area contributed by atoms with Crippen LogP contribution in [0.15, 0.2) is 10.7 Å². The smallest absolute Gasteiger partial charge is 0.257 e. The molecule has 2 aliphatic rings. The third kappa shape index (κ3) is 2.64. The van der Waals surface area contributed by atoms with Crippen LogP contribution in [0.25, 0.3) is 0 Å². The summed E-state index contributed by atoms with van der Waals surface area (Å²) in [5.74, 6) is 1.76. The molecule has 2 aromatic rings. The number of aryl methyl sites for hydroxylation is 2. The van der Waals surface area contributed by atoms with Gasteiger partial charge in [-0.3, -0.25) is 9.48 Å². The molecule has 7 nitrogen and oxygen atoms in total. The Labute approximate surface area is 134 Å². The quantitative estimate of drug-likeness (QED) is 0.846. The highest BCUT2D eigenvalue weighted by Gasteiger charge is 2.30. The molecule has 0 radical (unpaired) electrons. The molecule has 4 heterocycles. The van der Waals surface area contributed by atoms with Gasteiger partial charge in [-0.2, -0.15) is 10.1 Å². The molecule has 0 atom stereocenters. The van der Waals surface area contributed by atoms with Crippen molar-refractivity contribution >= 4 is 5.91 Å². The van der Waals surface area contributed by atoms with Crippen molar-refractivity contribution in [3.8, 4) is 0 Å². The minimum absolute atomic E-state index is 0.119. The van der Waals surface area contributed by atoms with Crippen molar-refractivity contribution in [1.82, 2.24) is 24.8 Å². The van der Waals surface area contributed by atoms with Crippen LogP contribution in [0, 0.1) is 6.92 Å². The lowest BCUT2D eigenvalue weighted by atomic mass is 9.96. The number of rotatable bonds is 2. The molecule has 7 heteroatoms. The van der Waals surface area contributed by atoms with Crippen molar-refractivity contribution in [1.29, 1.82) is 0 Å². The summed E-state index contributed by atoms with van der Waals surface area (Å²) in [5, 5.41) is 8.23. The summed E-state index contributed by atoms with van der Waals surface area (Å²) in [4.78, 5) is 19.1. The fourth-order valence-electron chi connectivity index (χ4n) is 3.58. The SMILES string of the molecule is Cc1noc(C2CCN(C(=O)c3cnn4c3CCCC4)CC2)n1. The molecule has 0 unspecified atom stereocenters. The lowest BCUT2D eigenvalue weighted by Crippen LogP contribution is -2.38. The maximum absolute atomic E-state index is 12.8. The van der Waals surface area contributed by atoms with Crippen LogP contribution >= 0.6 is 0 Å². The van der Waals surface area contributed by atoms with Crippen LogP contribution in [0.1, 0.15) is 59.4 Å². The van der Waals surface area contributed by atoms with Crippen molar-refractivity contribution in [2.75, 3.05) is 13.1 Å². The van der Waals surface area contributed by atoms with Crippen molar-refractivity contribution < 1.29 is 9.32 Å². The number of aromatic nitrogens is 4. The average molecular weight is 315 g/mol. The first-order chi connectivity index (χ1) is 11.2. The first kappa shape index (κ1) is 14.4. The molecule has 4 rings (SSSR count). The van der Waals surface area contributed by atoms with Crippen LogP contribution in [0.5, 0.6) is 0 Å². The summed E-state index contributed by atoms with van der Waals surface area (Å²) in [6, 6.07) is 0. The van der Waals surface area contributed by atoms with Gasteiger partial charge in [-0.1, -0.05) is 5.16 Å². The second kappa shape index (κ2) is 5.79. The fraction of sp³-hybridized carbons (Fsp3) is 0.625. The number of hydrogen-bond donors (Lipinski definition) is 0. The molecule has 23 heavy (non-hydrogen) atoms. The Balaban J connectivity index is 1.44. The normalized spacial score (nSPS) is 18.9. The Bertz CT molecular complexity index is 712. The predicted octanol–water partition coefficient (Wildman–Crippen LogP) is 1.93. The van der Waals surface area contributed by atoms with Gasteiger partial charge in [-0.05, 0) is 39.0 Å². The number of nitrogens with zero attached hydrogens (tertiary/aromatic N) is 5. The average Bonchev–Trinajstić information content (AvgIpc) is 3.21. The molecular formula is C16H21N5O2. The Morgan fingerprint density at radius 1 is 1.26 bits per heavy atom. The third-order valence-corrected chi connectivity index (χ3v) is 4.89. The molecule has 2 aromatic heterocycles. The van der Waals surface area contributed by atoms with Crippen LogP contribution in [-0.2, 0) is 13.0 Å². The van der Waals surface area contributed by atoms with Gasteiger partial charge >= 0.3 is 0 Å². The summed E-state index contributed by atoms with van der Waals surface area (Å²) in [5.41, 5.74) is 1.90. The van der Waals surface area contributed by atoms with E-state index < -0.39 is 0 Å². The molecule has 1 amide bonds. The Morgan fingerprint density at radius 3 is 2.83 bits per heavy atom. The topological polar surface area (TPSA) is 77.0 Å². The van der Waals surface area contributed by atoms with E-state index in [-0.39, 0.29) is 11.8 Å². The van der Waals surface area contributed by atoms with Crippen molar-refractivity contribution in [2.45, 2.75) is 51.5 Å². The van der Waals surface area contributed by atoms with Crippen LogP contribution in [0.2, 0.25) is 0 Å². The molecule has 0 spiro atoms. The summed E-state index contributed by atoms with van der Waals surface area (Å²) >= 11 is 0. The molecule has 0 aromatic carbocycles. The number of piperidine rings is 1. The second-order valence-electron chi connectivity index (χ2n) is 6.43. The van der Waals surface area contributed by atoms with E-state index in [9.17, 15) is 4.79 Å². The highest BCUT2D eigenvalue weighted by Crippen LogP contribution is 2.28. The van der Waals surface area contributed by atoms with Crippen LogP contribution in [0.4, 0.5) is 0 Å². The van der Waals surface area contributed by atoms with Gasteiger partial charge in [0.15, 0.2) is 5.82 Å². The lowest BCUT2D eigenvalue weighted by molar-refractivity contribution is 0.0703. The second-order valence-corrected chi connectivity index (χ2v) is 6.43. The molecule has 0 N–H and O–H groups in total. The van der Waals surface area contributed by atoms with E-state index in [1.54, 1.807) is 6.20 Å². The van der Waals surface area contributed by atoms with E-state index in [0.717, 1.165) is 63.0 Å². The molecule has 0 saturated carbocycles. The number of hydrogen-bond acceptors (Lipinski definition) is 5. The van der Waals surface area contributed by atoms with Crippen molar-refractivity contribution in [2.24, 2.45) is 0 Å². The molecular weight excluding hydrogens is 294 g/mol. The maximum atomic E-state index is 12.8. The zero-order valence-electron chi connectivity index (χ0n) is 13.4. The van der Waals surface area contributed by atoms with Gasteiger partial charge in [-0.25, -0.2) is 0 Å². The zero-order valence-corrected chi connectivity index (χ0v) is 13.4. The highest BCUT2D eigenvalue weighted by molar-refractivity contribution is 5.95. The molecule has 1 saturated heterocycles. The monoisotopic (exact) mass is 315 g/mol. The Hall–Kier alpha value is -2.18.